The molecule has 3 nitrogen and oxygen atoms in total. The van der Waals surface area contributed by atoms with Crippen LogP contribution in [0.25, 0.3) is 0 Å². The van der Waals surface area contributed by atoms with Gasteiger partial charge < -0.3 is 15.2 Å². The Kier molecular flexibility index (Phi) is 4.56. The summed E-state index contributed by atoms with van der Waals surface area (Å²) in [5.41, 5.74) is 6.05. The predicted molar refractivity (Wildman–Crippen MR) is 61.7 cm³/mol. The van der Waals surface area contributed by atoms with E-state index in [0.29, 0.717) is 0 Å². The van der Waals surface area contributed by atoms with Crippen molar-refractivity contribution in [3.8, 4) is 0 Å². The zero-order chi connectivity index (χ0) is 11.4. The molecule has 0 radical (unpaired) electrons. The first-order chi connectivity index (χ1) is 7.12. The predicted octanol–water partition coefficient (Wildman–Crippen LogP) is 2.44. The van der Waals surface area contributed by atoms with Gasteiger partial charge in [-0.1, -0.05) is 13.8 Å². The molecule has 0 atom stereocenters. The van der Waals surface area contributed by atoms with Crippen molar-refractivity contribution in [3.63, 3.8) is 0 Å². The number of rotatable bonds is 0. The normalized spacial score (nSPS) is 28.0. The van der Waals surface area contributed by atoms with Crippen LogP contribution in [0.1, 0.15) is 52.9 Å². The summed E-state index contributed by atoms with van der Waals surface area (Å²) < 4.78 is 11.4. The van der Waals surface area contributed by atoms with Crippen molar-refractivity contribution < 1.29 is 9.47 Å². The molecule has 1 aliphatic heterocycles. The minimum Gasteiger partial charge on any atom is -0.350 e. The SMILES string of the molecule is CC.CC1(N)CCC2(CC1)OCCCO2. The van der Waals surface area contributed by atoms with Crippen LogP contribution in [-0.2, 0) is 9.47 Å². The molecule has 0 amide bonds. The lowest BCUT2D eigenvalue weighted by Gasteiger charge is -2.44. The second kappa shape index (κ2) is 5.28. The number of hydrogen-bond acceptors (Lipinski definition) is 3. The minimum atomic E-state index is -0.267. The van der Waals surface area contributed by atoms with Gasteiger partial charge in [0.25, 0.3) is 0 Å². The molecule has 2 N–H and O–H groups in total. The molecule has 1 heterocycles. The van der Waals surface area contributed by atoms with E-state index in [9.17, 15) is 0 Å². The summed E-state index contributed by atoms with van der Waals surface area (Å²) in [6, 6.07) is 0. The largest absolute Gasteiger partial charge is 0.350 e. The first-order valence-electron chi connectivity index (χ1n) is 6.19. The third-order valence-corrected chi connectivity index (χ3v) is 3.17. The summed E-state index contributed by atoms with van der Waals surface area (Å²) in [5, 5.41) is 0. The first-order valence-corrected chi connectivity index (χ1v) is 6.19. The van der Waals surface area contributed by atoms with Gasteiger partial charge in [0, 0.05) is 18.4 Å². The maximum Gasteiger partial charge on any atom is 0.168 e. The Morgan fingerprint density at radius 3 is 1.87 bits per heavy atom. The van der Waals surface area contributed by atoms with Gasteiger partial charge >= 0.3 is 0 Å². The molecule has 1 spiro atoms. The van der Waals surface area contributed by atoms with Gasteiger partial charge in [-0.25, -0.2) is 0 Å². The maximum absolute atomic E-state index is 6.06. The van der Waals surface area contributed by atoms with E-state index >= 15 is 0 Å². The van der Waals surface area contributed by atoms with Gasteiger partial charge in [0.1, 0.15) is 0 Å². The van der Waals surface area contributed by atoms with E-state index in [1.807, 2.05) is 13.8 Å². The van der Waals surface area contributed by atoms with E-state index in [1.54, 1.807) is 0 Å². The van der Waals surface area contributed by atoms with Crippen molar-refractivity contribution in [3.05, 3.63) is 0 Å². The van der Waals surface area contributed by atoms with Gasteiger partial charge in [-0.2, -0.15) is 0 Å². The first kappa shape index (κ1) is 12.9. The van der Waals surface area contributed by atoms with Gasteiger partial charge in [0.2, 0.25) is 0 Å². The van der Waals surface area contributed by atoms with Crippen LogP contribution in [0.4, 0.5) is 0 Å². The van der Waals surface area contributed by atoms with Gasteiger partial charge in [-0.3, -0.25) is 0 Å². The summed E-state index contributed by atoms with van der Waals surface area (Å²) in [5.74, 6) is -0.267. The van der Waals surface area contributed by atoms with E-state index in [0.717, 1.165) is 45.3 Å². The Morgan fingerprint density at radius 2 is 1.40 bits per heavy atom. The molecule has 15 heavy (non-hydrogen) atoms. The Labute approximate surface area is 93.3 Å². The summed E-state index contributed by atoms with van der Waals surface area (Å²) >= 11 is 0. The highest BCUT2D eigenvalue weighted by atomic mass is 16.7. The Hall–Kier alpha value is -0.120. The van der Waals surface area contributed by atoms with Crippen LogP contribution in [0.2, 0.25) is 0 Å². The molecule has 1 saturated carbocycles. The van der Waals surface area contributed by atoms with Gasteiger partial charge in [-0.05, 0) is 26.2 Å². The second-order valence-electron chi connectivity index (χ2n) is 4.62. The Morgan fingerprint density at radius 1 is 0.933 bits per heavy atom. The van der Waals surface area contributed by atoms with Crippen molar-refractivity contribution >= 4 is 0 Å². The van der Waals surface area contributed by atoms with E-state index < -0.39 is 0 Å². The summed E-state index contributed by atoms with van der Waals surface area (Å²) in [4.78, 5) is 0. The third-order valence-electron chi connectivity index (χ3n) is 3.17. The summed E-state index contributed by atoms with van der Waals surface area (Å²) in [6.07, 6.45) is 4.96. The second-order valence-corrected chi connectivity index (χ2v) is 4.62. The van der Waals surface area contributed by atoms with Crippen molar-refractivity contribution in [1.29, 1.82) is 0 Å². The topological polar surface area (TPSA) is 44.5 Å². The highest BCUT2D eigenvalue weighted by molar-refractivity contribution is 4.90. The number of hydrogen-bond donors (Lipinski definition) is 1. The van der Waals surface area contributed by atoms with Crippen molar-refractivity contribution in [2.24, 2.45) is 5.73 Å². The van der Waals surface area contributed by atoms with Crippen LogP contribution in [0.15, 0.2) is 0 Å². The highest BCUT2D eigenvalue weighted by Crippen LogP contribution is 2.38. The lowest BCUT2D eigenvalue weighted by atomic mass is 9.80. The molecule has 0 aromatic heterocycles. The van der Waals surface area contributed by atoms with Gasteiger partial charge in [-0.15, -0.1) is 0 Å². The van der Waals surface area contributed by atoms with Crippen LogP contribution < -0.4 is 5.73 Å². The molecule has 2 aliphatic rings. The van der Waals surface area contributed by atoms with Gasteiger partial charge in [0.15, 0.2) is 5.79 Å². The molecular weight excluding hydrogens is 190 g/mol. The minimum absolute atomic E-state index is 0.00455. The fourth-order valence-electron chi connectivity index (χ4n) is 2.11. The van der Waals surface area contributed by atoms with E-state index in [1.165, 1.54) is 0 Å². The Bertz CT molecular complexity index is 174. The zero-order valence-corrected chi connectivity index (χ0v) is 10.3. The average molecular weight is 215 g/mol. The molecule has 0 aromatic carbocycles. The quantitative estimate of drug-likeness (QED) is 0.675. The van der Waals surface area contributed by atoms with E-state index in [4.69, 9.17) is 15.2 Å². The molecule has 0 aromatic rings. The molecule has 1 saturated heterocycles. The van der Waals surface area contributed by atoms with E-state index in [-0.39, 0.29) is 11.3 Å². The zero-order valence-electron chi connectivity index (χ0n) is 10.3. The monoisotopic (exact) mass is 215 g/mol. The van der Waals surface area contributed by atoms with Crippen LogP contribution >= 0.6 is 0 Å². The van der Waals surface area contributed by atoms with Crippen molar-refractivity contribution in [2.75, 3.05) is 13.2 Å². The molecule has 3 heteroatoms. The molecule has 2 rings (SSSR count). The van der Waals surface area contributed by atoms with Crippen LogP contribution in [0.3, 0.4) is 0 Å². The fourth-order valence-corrected chi connectivity index (χ4v) is 2.11. The molecule has 90 valence electrons. The number of ether oxygens (including phenoxy) is 2. The summed E-state index contributed by atoms with van der Waals surface area (Å²) in [7, 11) is 0. The molecule has 1 aliphatic carbocycles. The standard InChI is InChI=1S/C10H19NO2.C2H6/c1-9(11)3-5-10(6-4-9)12-7-2-8-13-10;1-2/h2-8,11H2,1H3;1-2H3. The van der Waals surface area contributed by atoms with Gasteiger partial charge in [0.05, 0.1) is 13.2 Å². The highest BCUT2D eigenvalue weighted by Gasteiger charge is 2.41. The van der Waals surface area contributed by atoms with Crippen molar-refractivity contribution in [1.82, 2.24) is 0 Å². The molecule has 0 unspecified atom stereocenters. The number of nitrogens with two attached hydrogens (primary N) is 1. The smallest absolute Gasteiger partial charge is 0.168 e. The summed E-state index contributed by atoms with van der Waals surface area (Å²) in [6.45, 7) is 7.81. The lowest BCUT2D eigenvalue weighted by Crippen LogP contribution is -2.50. The fraction of sp³-hybridized carbons (Fsp3) is 1.00. The lowest BCUT2D eigenvalue weighted by molar-refractivity contribution is -0.283. The molecule has 2 fully saturated rings. The van der Waals surface area contributed by atoms with Crippen LogP contribution in [0.5, 0.6) is 0 Å². The van der Waals surface area contributed by atoms with Crippen molar-refractivity contribution in [2.45, 2.75) is 64.2 Å². The third kappa shape index (κ3) is 3.44. The molecule has 0 bridgehead atoms. The van der Waals surface area contributed by atoms with E-state index in [2.05, 4.69) is 6.92 Å². The maximum atomic E-state index is 6.06. The van der Waals surface area contributed by atoms with Crippen LogP contribution in [-0.4, -0.2) is 24.5 Å². The average Bonchev–Trinajstić information content (AvgIpc) is 2.28. The molecular formula is C12H25NO2. The van der Waals surface area contributed by atoms with Crippen LogP contribution in [0, 0.1) is 0 Å². The Balaban J connectivity index is 0.000000531.